The summed E-state index contributed by atoms with van der Waals surface area (Å²) in [5.41, 5.74) is 2.71. The van der Waals surface area contributed by atoms with Gasteiger partial charge < -0.3 is 9.84 Å². The lowest BCUT2D eigenvalue weighted by Gasteiger charge is -2.11. The molecule has 4 heteroatoms. The Bertz CT molecular complexity index is 801. The predicted octanol–water partition coefficient (Wildman–Crippen LogP) is 4.03. The third kappa shape index (κ3) is 3.55. The second-order valence-corrected chi connectivity index (χ2v) is 5.01. The average Bonchev–Trinajstić information content (AvgIpc) is 2.61. The van der Waals surface area contributed by atoms with E-state index in [1.165, 1.54) is 0 Å². The second kappa shape index (κ2) is 6.75. The van der Waals surface area contributed by atoms with E-state index in [0.29, 0.717) is 12.4 Å². The van der Waals surface area contributed by atoms with Gasteiger partial charge in [-0.2, -0.15) is 0 Å². The molecule has 1 heterocycles. The number of hydrogen-bond donors (Lipinski definition) is 1. The molecule has 0 fully saturated rings. The molecule has 0 aliphatic heterocycles. The number of aromatic nitrogens is 1. The molecular weight excluding hydrogens is 290 g/mol. The van der Waals surface area contributed by atoms with Gasteiger partial charge in [0.1, 0.15) is 17.9 Å². The van der Waals surface area contributed by atoms with E-state index in [9.17, 15) is 9.90 Å². The van der Waals surface area contributed by atoms with Crippen molar-refractivity contribution in [3.8, 4) is 17.0 Å². The van der Waals surface area contributed by atoms with Gasteiger partial charge in [0.05, 0.1) is 5.69 Å². The quantitative estimate of drug-likeness (QED) is 0.773. The van der Waals surface area contributed by atoms with E-state index in [2.05, 4.69) is 4.98 Å². The highest BCUT2D eigenvalue weighted by molar-refractivity contribution is 5.91. The zero-order valence-electron chi connectivity index (χ0n) is 12.3. The smallest absolute Gasteiger partial charge is 0.339 e. The third-order valence-electron chi connectivity index (χ3n) is 3.41. The Morgan fingerprint density at radius 1 is 1.00 bits per heavy atom. The zero-order chi connectivity index (χ0) is 16.1. The van der Waals surface area contributed by atoms with Crippen LogP contribution in [0.1, 0.15) is 15.9 Å². The molecule has 0 radical (unpaired) electrons. The van der Waals surface area contributed by atoms with Crippen LogP contribution in [0, 0.1) is 0 Å². The zero-order valence-corrected chi connectivity index (χ0v) is 12.3. The van der Waals surface area contributed by atoms with Crippen LogP contribution in [-0.4, -0.2) is 16.1 Å². The first-order chi connectivity index (χ1) is 11.2. The minimum absolute atomic E-state index is 0.139. The standard InChI is InChI=1S/C19H15NO3/c21-19(22)16-10-9-15(17-8-4-5-11-20-17)12-18(16)23-13-14-6-2-1-3-7-14/h1-12H,13H2,(H,21,22). The van der Waals surface area contributed by atoms with Gasteiger partial charge in [-0.15, -0.1) is 0 Å². The van der Waals surface area contributed by atoms with Crippen LogP contribution in [0.3, 0.4) is 0 Å². The monoisotopic (exact) mass is 305 g/mol. The first kappa shape index (κ1) is 14.8. The highest BCUT2D eigenvalue weighted by Gasteiger charge is 2.13. The molecule has 0 saturated heterocycles. The van der Waals surface area contributed by atoms with Gasteiger partial charge in [0.15, 0.2) is 0 Å². The Kier molecular flexibility index (Phi) is 4.34. The van der Waals surface area contributed by atoms with Crippen LogP contribution >= 0.6 is 0 Å². The van der Waals surface area contributed by atoms with Crippen LogP contribution in [0.4, 0.5) is 0 Å². The van der Waals surface area contributed by atoms with Gasteiger partial charge in [-0.25, -0.2) is 4.79 Å². The fourth-order valence-corrected chi connectivity index (χ4v) is 2.25. The molecule has 0 spiro atoms. The molecule has 0 atom stereocenters. The van der Waals surface area contributed by atoms with Crippen LogP contribution in [0.5, 0.6) is 5.75 Å². The Labute approximate surface area is 134 Å². The van der Waals surface area contributed by atoms with E-state index in [1.54, 1.807) is 24.4 Å². The lowest BCUT2D eigenvalue weighted by Crippen LogP contribution is -2.03. The maximum Gasteiger partial charge on any atom is 0.339 e. The number of carboxylic acid groups (broad SMARTS) is 1. The van der Waals surface area contributed by atoms with Crippen molar-refractivity contribution >= 4 is 5.97 Å². The molecule has 1 N–H and O–H groups in total. The van der Waals surface area contributed by atoms with Crippen molar-refractivity contribution in [2.24, 2.45) is 0 Å². The Hall–Kier alpha value is -3.14. The van der Waals surface area contributed by atoms with Crippen molar-refractivity contribution in [2.45, 2.75) is 6.61 Å². The van der Waals surface area contributed by atoms with Crippen LogP contribution in [-0.2, 0) is 6.61 Å². The molecule has 0 bridgehead atoms. The Morgan fingerprint density at radius 3 is 2.48 bits per heavy atom. The minimum Gasteiger partial charge on any atom is -0.488 e. The number of hydrogen-bond acceptors (Lipinski definition) is 3. The van der Waals surface area contributed by atoms with Gasteiger partial charge in [0.2, 0.25) is 0 Å². The molecule has 0 saturated carbocycles. The molecule has 3 aromatic rings. The van der Waals surface area contributed by atoms with E-state index in [0.717, 1.165) is 16.8 Å². The molecule has 1 aromatic heterocycles. The van der Waals surface area contributed by atoms with E-state index >= 15 is 0 Å². The normalized spacial score (nSPS) is 10.3. The summed E-state index contributed by atoms with van der Waals surface area (Å²) >= 11 is 0. The van der Waals surface area contributed by atoms with Gasteiger partial charge in [-0.3, -0.25) is 4.98 Å². The summed E-state index contributed by atoms with van der Waals surface area (Å²) in [7, 11) is 0. The summed E-state index contributed by atoms with van der Waals surface area (Å²) in [6, 6.07) is 20.2. The third-order valence-corrected chi connectivity index (χ3v) is 3.41. The second-order valence-electron chi connectivity index (χ2n) is 5.01. The van der Waals surface area contributed by atoms with Gasteiger partial charge in [0, 0.05) is 11.8 Å². The fraction of sp³-hybridized carbons (Fsp3) is 0.0526. The predicted molar refractivity (Wildman–Crippen MR) is 87.4 cm³/mol. The maximum absolute atomic E-state index is 11.4. The molecule has 4 nitrogen and oxygen atoms in total. The highest BCUT2D eigenvalue weighted by Crippen LogP contribution is 2.27. The summed E-state index contributed by atoms with van der Waals surface area (Å²) in [5.74, 6) is -0.676. The summed E-state index contributed by atoms with van der Waals surface area (Å²) < 4.78 is 5.74. The van der Waals surface area contributed by atoms with Crippen molar-refractivity contribution in [2.75, 3.05) is 0 Å². The number of ether oxygens (including phenoxy) is 1. The molecule has 0 amide bonds. The molecular formula is C19H15NO3. The number of carbonyl (C=O) groups is 1. The summed E-state index contributed by atoms with van der Waals surface area (Å²) in [6.07, 6.45) is 1.70. The Balaban J connectivity index is 1.91. The first-order valence-electron chi connectivity index (χ1n) is 7.19. The number of rotatable bonds is 5. The Morgan fingerprint density at radius 2 is 1.78 bits per heavy atom. The lowest BCUT2D eigenvalue weighted by atomic mass is 10.1. The van der Waals surface area contributed by atoms with Crippen LogP contribution in [0.25, 0.3) is 11.3 Å². The van der Waals surface area contributed by atoms with Crippen molar-refractivity contribution in [3.63, 3.8) is 0 Å². The molecule has 0 aliphatic carbocycles. The van der Waals surface area contributed by atoms with Gasteiger partial charge in [-0.05, 0) is 29.8 Å². The number of carboxylic acids is 1. The van der Waals surface area contributed by atoms with Crippen LogP contribution in [0.2, 0.25) is 0 Å². The van der Waals surface area contributed by atoms with Crippen LogP contribution in [0.15, 0.2) is 72.9 Å². The number of benzene rings is 2. The van der Waals surface area contributed by atoms with Gasteiger partial charge in [0.25, 0.3) is 0 Å². The molecule has 3 rings (SSSR count). The van der Waals surface area contributed by atoms with E-state index in [-0.39, 0.29) is 5.56 Å². The molecule has 0 unspecified atom stereocenters. The van der Waals surface area contributed by atoms with E-state index in [4.69, 9.17) is 4.74 Å². The van der Waals surface area contributed by atoms with Crippen molar-refractivity contribution in [1.82, 2.24) is 4.98 Å². The molecule has 0 aliphatic rings. The van der Waals surface area contributed by atoms with E-state index in [1.807, 2.05) is 48.5 Å². The van der Waals surface area contributed by atoms with Crippen molar-refractivity contribution in [1.29, 1.82) is 0 Å². The SMILES string of the molecule is O=C(O)c1ccc(-c2ccccn2)cc1OCc1ccccc1. The number of nitrogens with zero attached hydrogens (tertiary/aromatic N) is 1. The lowest BCUT2D eigenvalue weighted by molar-refractivity contribution is 0.0692. The summed E-state index contributed by atoms with van der Waals surface area (Å²) in [4.78, 5) is 15.7. The fourth-order valence-electron chi connectivity index (χ4n) is 2.25. The first-order valence-corrected chi connectivity index (χ1v) is 7.19. The highest BCUT2D eigenvalue weighted by atomic mass is 16.5. The van der Waals surface area contributed by atoms with Gasteiger partial charge >= 0.3 is 5.97 Å². The molecule has 2 aromatic carbocycles. The van der Waals surface area contributed by atoms with Crippen molar-refractivity contribution < 1.29 is 14.6 Å². The number of pyridine rings is 1. The number of aromatic carboxylic acids is 1. The van der Waals surface area contributed by atoms with Crippen LogP contribution < -0.4 is 4.74 Å². The van der Waals surface area contributed by atoms with Crippen molar-refractivity contribution in [3.05, 3.63) is 84.1 Å². The van der Waals surface area contributed by atoms with E-state index < -0.39 is 5.97 Å². The summed E-state index contributed by atoms with van der Waals surface area (Å²) in [6.45, 7) is 0.312. The minimum atomic E-state index is -1.01. The van der Waals surface area contributed by atoms with Gasteiger partial charge in [-0.1, -0.05) is 42.5 Å². The topological polar surface area (TPSA) is 59.4 Å². The molecule has 114 valence electrons. The summed E-state index contributed by atoms with van der Waals surface area (Å²) in [5, 5.41) is 9.33. The molecule has 23 heavy (non-hydrogen) atoms. The average molecular weight is 305 g/mol. The maximum atomic E-state index is 11.4. The largest absolute Gasteiger partial charge is 0.488 e.